The summed E-state index contributed by atoms with van der Waals surface area (Å²) in [6.07, 6.45) is -7.75. The topological polar surface area (TPSA) is 64.3 Å². The highest BCUT2D eigenvalue weighted by molar-refractivity contribution is 5.67. The molecule has 0 saturated carbocycles. The van der Waals surface area contributed by atoms with Crippen LogP contribution in [0.2, 0.25) is 0 Å². The number of carbonyl (C=O) groups is 1. The maximum atomic E-state index is 13.1. The van der Waals surface area contributed by atoms with Gasteiger partial charge in [-0.2, -0.15) is 30.7 Å². The van der Waals surface area contributed by atoms with Gasteiger partial charge in [0, 0.05) is 6.54 Å². The Kier molecular flexibility index (Phi) is 5.50. The molecule has 0 spiro atoms. The molecular formula is C10H15F7N2O2. The lowest BCUT2D eigenvalue weighted by atomic mass is 10.0. The Morgan fingerprint density at radius 1 is 1.10 bits per heavy atom. The van der Waals surface area contributed by atoms with Crippen LogP contribution in [0.5, 0.6) is 0 Å². The predicted octanol–water partition coefficient (Wildman–Crippen LogP) is 2.67. The minimum atomic E-state index is -6.47. The number of alkyl halides is 7. The zero-order chi connectivity index (χ0) is 17.3. The summed E-state index contributed by atoms with van der Waals surface area (Å²) in [6.45, 7) is 2.96. The van der Waals surface area contributed by atoms with E-state index in [0.29, 0.717) is 0 Å². The maximum Gasteiger partial charge on any atom is 0.459 e. The van der Waals surface area contributed by atoms with Crippen molar-refractivity contribution >= 4 is 6.09 Å². The number of hydrogen-bond donors (Lipinski definition) is 2. The number of halogens is 7. The van der Waals surface area contributed by atoms with Gasteiger partial charge in [-0.05, 0) is 20.8 Å². The minimum Gasteiger partial charge on any atom is -0.444 e. The quantitative estimate of drug-likeness (QED) is 0.780. The van der Waals surface area contributed by atoms with E-state index in [1.165, 1.54) is 20.8 Å². The van der Waals surface area contributed by atoms with Crippen LogP contribution in [-0.4, -0.2) is 42.3 Å². The molecule has 0 aliphatic heterocycles. The van der Waals surface area contributed by atoms with Crippen molar-refractivity contribution in [1.29, 1.82) is 0 Å². The lowest BCUT2D eigenvalue weighted by molar-refractivity contribution is -0.358. The first kappa shape index (κ1) is 19.7. The molecule has 0 fully saturated rings. The Morgan fingerprint density at radius 2 is 1.52 bits per heavy atom. The molecule has 3 N–H and O–H groups in total. The number of ether oxygens (including phenoxy) is 1. The zero-order valence-electron chi connectivity index (χ0n) is 11.3. The molecule has 0 rings (SSSR count). The average molecular weight is 328 g/mol. The van der Waals surface area contributed by atoms with Crippen LogP contribution < -0.4 is 11.1 Å². The molecular weight excluding hydrogens is 313 g/mol. The Morgan fingerprint density at radius 3 is 1.86 bits per heavy atom. The molecule has 0 radical (unpaired) electrons. The highest BCUT2D eigenvalue weighted by Crippen LogP contribution is 2.47. The Balaban J connectivity index is 4.79. The molecule has 0 aliphatic rings. The van der Waals surface area contributed by atoms with Crippen molar-refractivity contribution in [2.45, 2.75) is 50.4 Å². The third-order valence-corrected chi connectivity index (χ3v) is 2.11. The van der Waals surface area contributed by atoms with E-state index in [9.17, 15) is 35.5 Å². The van der Waals surface area contributed by atoms with Gasteiger partial charge >= 0.3 is 24.1 Å². The summed E-state index contributed by atoms with van der Waals surface area (Å²) >= 11 is 0. The third kappa shape index (κ3) is 4.90. The number of alkyl carbamates (subject to hydrolysis) is 1. The first-order chi connectivity index (χ1) is 9.02. The molecule has 0 aliphatic carbocycles. The van der Waals surface area contributed by atoms with Gasteiger partial charge in [0.15, 0.2) is 0 Å². The van der Waals surface area contributed by atoms with Gasteiger partial charge in [-0.25, -0.2) is 4.79 Å². The van der Waals surface area contributed by atoms with Crippen molar-refractivity contribution in [3.05, 3.63) is 0 Å². The summed E-state index contributed by atoms with van der Waals surface area (Å²) < 4.78 is 91.8. The molecule has 11 heteroatoms. The van der Waals surface area contributed by atoms with Crippen LogP contribution in [0.15, 0.2) is 0 Å². The number of rotatable bonds is 4. The molecule has 1 amide bonds. The Bertz CT molecular complexity index is 377. The van der Waals surface area contributed by atoms with E-state index in [0.717, 1.165) is 0 Å². The van der Waals surface area contributed by atoms with Crippen molar-refractivity contribution in [3.8, 4) is 0 Å². The summed E-state index contributed by atoms with van der Waals surface area (Å²) in [7, 11) is 0. The normalized spacial score (nSPS) is 15.6. The van der Waals surface area contributed by atoms with Gasteiger partial charge in [0.2, 0.25) is 0 Å². The summed E-state index contributed by atoms with van der Waals surface area (Å²) in [6, 6.07) is -2.96. The molecule has 1 atom stereocenters. The summed E-state index contributed by atoms with van der Waals surface area (Å²) in [5, 5.41) is 1.60. The fourth-order valence-corrected chi connectivity index (χ4v) is 1.06. The second kappa shape index (κ2) is 5.85. The van der Waals surface area contributed by atoms with Crippen molar-refractivity contribution in [3.63, 3.8) is 0 Å². The SMILES string of the molecule is CC(C)(C)OC(=O)NCC(N)C(F)(F)C(F)(F)C(F)(F)F. The van der Waals surface area contributed by atoms with Crippen LogP contribution in [0.25, 0.3) is 0 Å². The fourth-order valence-electron chi connectivity index (χ4n) is 1.06. The number of amides is 1. The number of nitrogens with one attached hydrogen (secondary N) is 1. The molecule has 0 bridgehead atoms. The van der Waals surface area contributed by atoms with E-state index in [1.54, 1.807) is 5.32 Å². The molecule has 0 aromatic rings. The summed E-state index contributed by atoms with van der Waals surface area (Å²) in [5.74, 6) is -11.9. The van der Waals surface area contributed by atoms with Gasteiger partial charge in [0.05, 0.1) is 6.04 Å². The van der Waals surface area contributed by atoms with Gasteiger partial charge in [0.25, 0.3) is 0 Å². The van der Waals surface area contributed by atoms with E-state index in [-0.39, 0.29) is 0 Å². The standard InChI is InChI=1S/C10H15F7N2O2/c1-7(2,3)21-6(20)19-4-5(18)8(11,12)9(13,14)10(15,16)17/h5H,4,18H2,1-3H3,(H,19,20). The predicted molar refractivity (Wildman–Crippen MR) is 58.2 cm³/mol. The van der Waals surface area contributed by atoms with Gasteiger partial charge in [-0.3, -0.25) is 0 Å². The number of hydrogen-bond acceptors (Lipinski definition) is 3. The Labute approximate surface area is 115 Å². The first-order valence-corrected chi connectivity index (χ1v) is 5.57. The highest BCUT2D eigenvalue weighted by Gasteiger charge is 2.74. The second-order valence-corrected chi connectivity index (χ2v) is 5.18. The molecule has 0 aromatic carbocycles. The average Bonchev–Trinajstić information content (AvgIpc) is 2.21. The van der Waals surface area contributed by atoms with E-state index < -0.39 is 42.3 Å². The molecule has 0 heterocycles. The van der Waals surface area contributed by atoms with E-state index >= 15 is 0 Å². The monoisotopic (exact) mass is 328 g/mol. The summed E-state index contributed by atoms with van der Waals surface area (Å²) in [4.78, 5) is 11.1. The molecule has 21 heavy (non-hydrogen) atoms. The molecule has 126 valence electrons. The molecule has 1 unspecified atom stereocenters. The number of carbonyl (C=O) groups excluding carboxylic acids is 1. The van der Waals surface area contributed by atoms with Crippen molar-refractivity contribution in [2.24, 2.45) is 5.73 Å². The molecule has 4 nitrogen and oxygen atoms in total. The fraction of sp³-hybridized carbons (Fsp3) is 0.900. The zero-order valence-corrected chi connectivity index (χ0v) is 11.3. The van der Waals surface area contributed by atoms with E-state index in [4.69, 9.17) is 0 Å². The minimum absolute atomic E-state index is 1.01. The van der Waals surface area contributed by atoms with Crippen molar-refractivity contribution < 1.29 is 40.3 Å². The van der Waals surface area contributed by atoms with Crippen molar-refractivity contribution in [2.75, 3.05) is 6.54 Å². The van der Waals surface area contributed by atoms with Crippen LogP contribution in [0.3, 0.4) is 0 Å². The second-order valence-electron chi connectivity index (χ2n) is 5.18. The summed E-state index contributed by atoms with van der Waals surface area (Å²) in [5.41, 5.74) is 3.64. The lowest BCUT2D eigenvalue weighted by Crippen LogP contribution is -2.63. The van der Waals surface area contributed by atoms with Crippen LogP contribution in [-0.2, 0) is 4.74 Å². The van der Waals surface area contributed by atoms with Gasteiger partial charge in [0.1, 0.15) is 5.60 Å². The molecule has 0 aromatic heterocycles. The van der Waals surface area contributed by atoms with E-state index in [2.05, 4.69) is 10.5 Å². The first-order valence-electron chi connectivity index (χ1n) is 5.57. The third-order valence-electron chi connectivity index (χ3n) is 2.11. The van der Waals surface area contributed by atoms with Gasteiger partial charge in [-0.1, -0.05) is 0 Å². The van der Waals surface area contributed by atoms with Crippen LogP contribution >= 0.6 is 0 Å². The molecule has 0 saturated heterocycles. The maximum absolute atomic E-state index is 13.1. The largest absolute Gasteiger partial charge is 0.459 e. The van der Waals surface area contributed by atoms with Crippen LogP contribution in [0.4, 0.5) is 35.5 Å². The van der Waals surface area contributed by atoms with Crippen molar-refractivity contribution in [1.82, 2.24) is 5.32 Å². The lowest BCUT2D eigenvalue weighted by Gasteiger charge is -2.32. The highest BCUT2D eigenvalue weighted by atomic mass is 19.4. The van der Waals surface area contributed by atoms with E-state index in [1.807, 2.05) is 0 Å². The number of nitrogens with two attached hydrogens (primary N) is 1. The van der Waals surface area contributed by atoms with Crippen LogP contribution in [0.1, 0.15) is 20.8 Å². The van der Waals surface area contributed by atoms with Gasteiger partial charge in [-0.15, -0.1) is 0 Å². The van der Waals surface area contributed by atoms with Crippen LogP contribution in [0, 0.1) is 0 Å². The van der Waals surface area contributed by atoms with Gasteiger partial charge < -0.3 is 15.8 Å². The Hall–Kier alpha value is -1.26. The smallest absolute Gasteiger partial charge is 0.444 e.